The summed E-state index contributed by atoms with van der Waals surface area (Å²) >= 11 is 0. The minimum Gasteiger partial charge on any atom is -0.378 e. The topological polar surface area (TPSA) is 38.3 Å². The van der Waals surface area contributed by atoms with E-state index in [2.05, 4.69) is 5.32 Å². The first-order valence-corrected chi connectivity index (χ1v) is 5.25. The van der Waals surface area contributed by atoms with E-state index in [0.29, 0.717) is 19.4 Å². The zero-order valence-electron chi connectivity index (χ0n) is 8.84. The van der Waals surface area contributed by atoms with Gasteiger partial charge in [-0.25, -0.2) is 8.78 Å². The van der Waals surface area contributed by atoms with Gasteiger partial charge in [0.25, 0.3) is 5.92 Å². The van der Waals surface area contributed by atoms with Gasteiger partial charge >= 0.3 is 0 Å². The third kappa shape index (κ3) is 3.74. The second kappa shape index (κ2) is 5.39. The Morgan fingerprint density at radius 1 is 1.60 bits per heavy atom. The molecule has 0 aromatic carbocycles. The largest absolute Gasteiger partial charge is 0.378 e. The maximum atomic E-state index is 13.5. The van der Waals surface area contributed by atoms with Gasteiger partial charge < -0.3 is 10.1 Å². The van der Waals surface area contributed by atoms with Crippen LogP contribution >= 0.6 is 0 Å². The highest BCUT2D eigenvalue weighted by molar-refractivity contribution is 5.46. The Morgan fingerprint density at radius 3 is 2.87 bits per heavy atom. The Morgan fingerprint density at radius 2 is 2.33 bits per heavy atom. The van der Waals surface area contributed by atoms with E-state index >= 15 is 0 Å². The maximum Gasteiger partial charge on any atom is 0.270 e. The van der Waals surface area contributed by atoms with Gasteiger partial charge in [0.15, 0.2) is 0 Å². The lowest BCUT2D eigenvalue weighted by atomic mass is 9.99. The van der Waals surface area contributed by atoms with Crippen molar-refractivity contribution in [3.8, 4) is 0 Å². The molecule has 0 bridgehead atoms. The summed E-state index contributed by atoms with van der Waals surface area (Å²) in [7, 11) is 0. The number of carbonyl (C=O) groups is 1. The molecular weight excluding hydrogens is 204 g/mol. The third-order valence-corrected chi connectivity index (χ3v) is 2.73. The molecule has 0 spiro atoms. The van der Waals surface area contributed by atoms with E-state index in [4.69, 9.17) is 4.74 Å². The standard InChI is InChI=1S/C10H17F2NO2/c1-8(13-7-14)10(11,12)6-9-4-2-3-5-15-9/h7-9H,2-6H2,1H3,(H,13,14)/t8?,9-/m0/s1. The number of rotatable bonds is 5. The number of alkyl halides is 2. The zero-order chi connectivity index (χ0) is 11.3. The fraction of sp³-hybridized carbons (Fsp3) is 0.900. The molecule has 1 aliphatic heterocycles. The summed E-state index contributed by atoms with van der Waals surface area (Å²) in [5.41, 5.74) is 0. The highest BCUT2D eigenvalue weighted by atomic mass is 19.3. The van der Waals surface area contributed by atoms with E-state index in [0.717, 1.165) is 12.8 Å². The number of halogens is 2. The Bertz CT molecular complexity index is 206. The molecule has 1 heterocycles. The molecule has 2 atom stereocenters. The van der Waals surface area contributed by atoms with Crippen LogP contribution in [0.1, 0.15) is 32.6 Å². The molecule has 0 saturated carbocycles. The Hall–Kier alpha value is -0.710. The molecule has 88 valence electrons. The van der Waals surface area contributed by atoms with Crippen molar-refractivity contribution in [1.29, 1.82) is 0 Å². The van der Waals surface area contributed by atoms with Crippen LogP contribution in [0.4, 0.5) is 8.78 Å². The van der Waals surface area contributed by atoms with Gasteiger partial charge in [-0.15, -0.1) is 0 Å². The molecule has 1 fully saturated rings. The quantitative estimate of drug-likeness (QED) is 0.718. The number of hydrogen-bond acceptors (Lipinski definition) is 2. The monoisotopic (exact) mass is 221 g/mol. The van der Waals surface area contributed by atoms with Crippen molar-refractivity contribution in [1.82, 2.24) is 5.32 Å². The van der Waals surface area contributed by atoms with E-state index < -0.39 is 12.0 Å². The van der Waals surface area contributed by atoms with Crippen molar-refractivity contribution in [2.24, 2.45) is 0 Å². The lowest BCUT2D eigenvalue weighted by Gasteiger charge is -2.29. The van der Waals surface area contributed by atoms with Crippen molar-refractivity contribution < 1.29 is 18.3 Å². The highest BCUT2D eigenvalue weighted by Gasteiger charge is 2.39. The number of nitrogens with one attached hydrogen (secondary N) is 1. The fourth-order valence-electron chi connectivity index (χ4n) is 1.67. The third-order valence-electron chi connectivity index (χ3n) is 2.73. The first-order chi connectivity index (χ1) is 7.06. The molecule has 15 heavy (non-hydrogen) atoms. The molecule has 1 unspecified atom stereocenters. The van der Waals surface area contributed by atoms with E-state index in [1.807, 2.05) is 0 Å². The maximum absolute atomic E-state index is 13.5. The molecule has 1 saturated heterocycles. The molecule has 1 aliphatic rings. The van der Waals surface area contributed by atoms with Gasteiger partial charge in [-0.2, -0.15) is 0 Å². The Kier molecular flexibility index (Phi) is 4.45. The van der Waals surface area contributed by atoms with Crippen LogP contribution in [0.3, 0.4) is 0 Å². The first kappa shape index (κ1) is 12.4. The molecule has 1 N–H and O–H groups in total. The van der Waals surface area contributed by atoms with Gasteiger partial charge in [0, 0.05) is 13.0 Å². The van der Waals surface area contributed by atoms with Crippen LogP contribution < -0.4 is 5.32 Å². The minimum atomic E-state index is -2.90. The summed E-state index contributed by atoms with van der Waals surface area (Å²) in [6.45, 7) is 1.87. The molecule has 1 rings (SSSR count). The second-order valence-corrected chi connectivity index (χ2v) is 3.96. The van der Waals surface area contributed by atoms with Crippen molar-refractivity contribution in [2.75, 3.05) is 6.61 Å². The van der Waals surface area contributed by atoms with Crippen LogP contribution in [0.2, 0.25) is 0 Å². The van der Waals surface area contributed by atoms with E-state index in [-0.39, 0.29) is 12.5 Å². The summed E-state index contributed by atoms with van der Waals surface area (Å²) in [5.74, 6) is -2.90. The van der Waals surface area contributed by atoms with Gasteiger partial charge in [-0.3, -0.25) is 4.79 Å². The van der Waals surface area contributed by atoms with Crippen LogP contribution in [-0.4, -0.2) is 31.1 Å². The van der Waals surface area contributed by atoms with Gasteiger partial charge in [0.05, 0.1) is 12.1 Å². The van der Waals surface area contributed by atoms with Gasteiger partial charge in [0.2, 0.25) is 6.41 Å². The SMILES string of the molecule is CC(NC=O)C(F)(F)C[C@@H]1CCCCO1. The van der Waals surface area contributed by atoms with Crippen molar-refractivity contribution in [3.63, 3.8) is 0 Å². The van der Waals surface area contributed by atoms with Crippen LogP contribution in [0, 0.1) is 0 Å². The van der Waals surface area contributed by atoms with Crippen LogP contribution in [0.25, 0.3) is 0 Å². The van der Waals surface area contributed by atoms with Crippen LogP contribution in [0.5, 0.6) is 0 Å². The van der Waals surface area contributed by atoms with Crippen LogP contribution in [-0.2, 0) is 9.53 Å². The Labute approximate surface area is 88.2 Å². The lowest BCUT2D eigenvalue weighted by molar-refractivity contribution is -0.119. The average molecular weight is 221 g/mol. The van der Waals surface area contributed by atoms with Crippen molar-refractivity contribution in [2.45, 2.75) is 50.7 Å². The number of ether oxygens (including phenoxy) is 1. The van der Waals surface area contributed by atoms with Gasteiger partial charge in [0.1, 0.15) is 0 Å². The zero-order valence-corrected chi connectivity index (χ0v) is 8.84. The number of carbonyl (C=O) groups excluding carboxylic acids is 1. The molecule has 0 aromatic rings. The van der Waals surface area contributed by atoms with Gasteiger partial charge in [-0.1, -0.05) is 0 Å². The number of amides is 1. The first-order valence-electron chi connectivity index (χ1n) is 5.25. The molecule has 0 aromatic heterocycles. The van der Waals surface area contributed by atoms with Crippen molar-refractivity contribution >= 4 is 6.41 Å². The average Bonchev–Trinajstić information content (AvgIpc) is 2.19. The van der Waals surface area contributed by atoms with E-state index in [1.54, 1.807) is 0 Å². The molecule has 3 nitrogen and oxygen atoms in total. The summed E-state index contributed by atoms with van der Waals surface area (Å²) in [5, 5.41) is 2.09. The molecule has 0 aliphatic carbocycles. The summed E-state index contributed by atoms with van der Waals surface area (Å²) < 4.78 is 32.2. The normalized spacial score (nSPS) is 24.6. The second-order valence-electron chi connectivity index (χ2n) is 3.96. The minimum absolute atomic E-state index is 0.306. The predicted molar refractivity (Wildman–Crippen MR) is 51.8 cm³/mol. The lowest BCUT2D eigenvalue weighted by Crippen LogP contribution is -2.44. The smallest absolute Gasteiger partial charge is 0.270 e. The molecule has 5 heteroatoms. The fourth-order valence-corrected chi connectivity index (χ4v) is 1.67. The summed E-state index contributed by atoms with van der Waals surface area (Å²) in [4.78, 5) is 10.1. The summed E-state index contributed by atoms with van der Waals surface area (Å²) in [6, 6.07) is -1.14. The molecule has 1 amide bonds. The summed E-state index contributed by atoms with van der Waals surface area (Å²) in [6.07, 6.45) is 2.20. The Balaban J connectivity index is 2.42. The molecular formula is C10H17F2NO2. The predicted octanol–water partition coefficient (Wildman–Crippen LogP) is 1.72. The number of hydrogen-bond donors (Lipinski definition) is 1. The highest BCUT2D eigenvalue weighted by Crippen LogP contribution is 2.29. The van der Waals surface area contributed by atoms with Gasteiger partial charge in [-0.05, 0) is 26.2 Å². The van der Waals surface area contributed by atoms with E-state index in [1.165, 1.54) is 6.92 Å². The van der Waals surface area contributed by atoms with Crippen LogP contribution in [0.15, 0.2) is 0 Å². The molecule has 0 radical (unpaired) electrons. The van der Waals surface area contributed by atoms with E-state index in [9.17, 15) is 13.6 Å². The van der Waals surface area contributed by atoms with Crippen molar-refractivity contribution in [3.05, 3.63) is 0 Å².